The lowest BCUT2D eigenvalue weighted by molar-refractivity contribution is -0.385. The fraction of sp³-hybridized carbons (Fsp3) is 0.500. The molecule has 0 saturated carbocycles. The molecule has 1 fully saturated rings. The highest BCUT2D eigenvalue weighted by molar-refractivity contribution is 7.91. The van der Waals surface area contributed by atoms with Gasteiger partial charge in [0, 0.05) is 23.7 Å². The lowest BCUT2D eigenvalue weighted by Crippen LogP contribution is -2.46. The van der Waals surface area contributed by atoms with Crippen LogP contribution in [-0.2, 0) is 19.4 Å². The van der Waals surface area contributed by atoms with Crippen molar-refractivity contribution in [3.05, 3.63) is 38.9 Å². The van der Waals surface area contributed by atoms with E-state index in [1.165, 1.54) is 17.9 Å². The summed E-state index contributed by atoms with van der Waals surface area (Å²) in [6, 6.07) is 3.01. The molecule has 0 bridgehead atoms. The molecule has 9 nitrogen and oxygen atoms in total. The summed E-state index contributed by atoms with van der Waals surface area (Å²) < 4.78 is 28.4. The number of rotatable bonds is 6. The van der Waals surface area contributed by atoms with E-state index in [1.807, 2.05) is 0 Å². The maximum absolute atomic E-state index is 12.6. The van der Waals surface area contributed by atoms with Gasteiger partial charge in [-0.05, 0) is 32.4 Å². The Morgan fingerprint density at radius 3 is 2.63 bits per heavy atom. The average molecular weight is 419 g/mol. The first-order chi connectivity index (χ1) is 12.6. The van der Waals surface area contributed by atoms with Crippen LogP contribution in [0.15, 0.2) is 18.2 Å². The number of carbonyl (C=O) groups excluding carboxylic acids is 2. The van der Waals surface area contributed by atoms with Crippen LogP contribution in [0, 0.1) is 10.1 Å². The number of hydrogen-bond acceptors (Lipinski definition) is 7. The summed E-state index contributed by atoms with van der Waals surface area (Å²) in [4.78, 5) is 36.6. The Hall–Kier alpha value is -2.20. The molecule has 1 aliphatic heterocycles. The summed E-state index contributed by atoms with van der Waals surface area (Å²) in [5.41, 5.74) is -0.850. The van der Waals surface area contributed by atoms with Gasteiger partial charge in [-0.3, -0.25) is 14.9 Å². The number of halogens is 1. The lowest BCUT2D eigenvalue weighted by Gasteiger charge is -2.29. The molecule has 1 aromatic carbocycles. The maximum atomic E-state index is 12.6. The van der Waals surface area contributed by atoms with Crippen LogP contribution in [0.4, 0.5) is 5.69 Å². The number of nitro benzene ring substituents is 1. The number of hydrogen-bond donors (Lipinski definition) is 0. The zero-order chi connectivity index (χ0) is 20.4. The van der Waals surface area contributed by atoms with Gasteiger partial charge in [-0.1, -0.05) is 11.6 Å². The van der Waals surface area contributed by atoms with Crippen molar-refractivity contribution >= 4 is 39.0 Å². The van der Waals surface area contributed by atoms with E-state index >= 15 is 0 Å². The van der Waals surface area contributed by atoms with Crippen molar-refractivity contribution in [3.8, 4) is 0 Å². The Bertz CT molecular complexity index is 872. The van der Waals surface area contributed by atoms with Gasteiger partial charge in [-0.15, -0.1) is 0 Å². The van der Waals surface area contributed by atoms with Crippen LogP contribution in [0.2, 0.25) is 5.02 Å². The first kappa shape index (κ1) is 21.1. The summed E-state index contributed by atoms with van der Waals surface area (Å²) in [7, 11) is -3.18. The van der Waals surface area contributed by atoms with Gasteiger partial charge >= 0.3 is 5.97 Å². The third kappa shape index (κ3) is 4.95. The molecule has 0 radical (unpaired) electrons. The summed E-state index contributed by atoms with van der Waals surface area (Å²) in [6.45, 7) is 3.29. The van der Waals surface area contributed by atoms with Crippen LogP contribution in [-0.4, -0.2) is 60.3 Å². The number of carbonyl (C=O) groups is 2. The van der Waals surface area contributed by atoms with E-state index in [1.54, 1.807) is 6.92 Å². The molecule has 0 aromatic heterocycles. The molecule has 0 aliphatic carbocycles. The molecule has 1 aliphatic rings. The minimum absolute atomic E-state index is 0.00653. The van der Waals surface area contributed by atoms with Crippen LogP contribution in [0.3, 0.4) is 0 Å². The SMILES string of the molecule is CCN(C(=O)[C@@H](C)OC(=O)c1ccc(Cl)cc1[N+](=O)[O-])[C@H]1CCS(=O)(=O)C1. The van der Waals surface area contributed by atoms with Crippen LogP contribution in [0.5, 0.6) is 0 Å². The van der Waals surface area contributed by atoms with Gasteiger partial charge in [0.2, 0.25) is 0 Å². The minimum atomic E-state index is -3.18. The van der Waals surface area contributed by atoms with Crippen LogP contribution in [0.1, 0.15) is 30.6 Å². The second-order valence-electron chi connectivity index (χ2n) is 6.15. The van der Waals surface area contributed by atoms with Crippen LogP contribution < -0.4 is 0 Å². The molecule has 1 heterocycles. The van der Waals surface area contributed by atoms with E-state index < -0.39 is 44.5 Å². The maximum Gasteiger partial charge on any atom is 0.345 e. The van der Waals surface area contributed by atoms with Gasteiger partial charge < -0.3 is 9.64 Å². The third-order valence-corrected chi connectivity index (χ3v) is 6.27. The van der Waals surface area contributed by atoms with Crippen molar-refractivity contribution in [2.75, 3.05) is 18.1 Å². The number of ether oxygens (including phenoxy) is 1. The number of esters is 1. The summed E-state index contributed by atoms with van der Waals surface area (Å²) >= 11 is 5.71. The first-order valence-corrected chi connectivity index (χ1v) is 10.4. The predicted molar refractivity (Wildman–Crippen MR) is 97.4 cm³/mol. The van der Waals surface area contributed by atoms with E-state index in [0.717, 1.165) is 12.1 Å². The quantitative estimate of drug-likeness (QED) is 0.392. The summed E-state index contributed by atoms with van der Waals surface area (Å²) in [6.07, 6.45) is -0.901. The number of likely N-dealkylation sites (N-methyl/N-ethyl adjacent to an activating group) is 1. The second kappa shape index (κ2) is 8.22. The van der Waals surface area contributed by atoms with E-state index in [0.29, 0.717) is 6.42 Å². The summed E-state index contributed by atoms with van der Waals surface area (Å²) in [5.74, 6) is -1.71. The van der Waals surface area contributed by atoms with Gasteiger partial charge in [0.05, 0.1) is 16.4 Å². The zero-order valence-electron chi connectivity index (χ0n) is 14.8. The topological polar surface area (TPSA) is 124 Å². The number of nitrogens with zero attached hydrogens (tertiary/aromatic N) is 2. The van der Waals surface area contributed by atoms with Gasteiger partial charge in [0.1, 0.15) is 5.56 Å². The normalized spacial score (nSPS) is 19.3. The van der Waals surface area contributed by atoms with Crippen molar-refractivity contribution in [3.63, 3.8) is 0 Å². The van der Waals surface area contributed by atoms with Gasteiger partial charge in [0.15, 0.2) is 15.9 Å². The fourth-order valence-corrected chi connectivity index (χ4v) is 4.85. The van der Waals surface area contributed by atoms with Crippen molar-refractivity contribution < 1.29 is 27.7 Å². The highest BCUT2D eigenvalue weighted by Gasteiger charge is 2.36. The molecule has 2 rings (SSSR count). The molecule has 11 heteroatoms. The Morgan fingerprint density at radius 1 is 1.44 bits per heavy atom. The molecule has 2 atom stereocenters. The monoisotopic (exact) mass is 418 g/mol. The molecule has 0 spiro atoms. The van der Waals surface area contributed by atoms with E-state index in [2.05, 4.69) is 0 Å². The minimum Gasteiger partial charge on any atom is -0.449 e. The molecule has 0 N–H and O–H groups in total. The summed E-state index contributed by atoms with van der Waals surface area (Å²) in [5, 5.41) is 11.2. The number of sulfone groups is 1. The predicted octanol–water partition coefficient (Wildman–Crippen LogP) is 1.83. The van der Waals surface area contributed by atoms with Crippen molar-refractivity contribution in [1.29, 1.82) is 0 Å². The third-order valence-electron chi connectivity index (χ3n) is 4.28. The number of amides is 1. The van der Waals surface area contributed by atoms with E-state index in [-0.39, 0.29) is 28.6 Å². The van der Waals surface area contributed by atoms with E-state index in [4.69, 9.17) is 16.3 Å². The Labute approximate surface area is 161 Å². The average Bonchev–Trinajstić information content (AvgIpc) is 2.94. The van der Waals surface area contributed by atoms with Crippen LogP contribution >= 0.6 is 11.6 Å². The van der Waals surface area contributed by atoms with Gasteiger partial charge in [0.25, 0.3) is 11.6 Å². The molecule has 27 heavy (non-hydrogen) atoms. The molecule has 1 amide bonds. The molecule has 0 unspecified atom stereocenters. The van der Waals surface area contributed by atoms with Crippen LogP contribution in [0.25, 0.3) is 0 Å². The second-order valence-corrected chi connectivity index (χ2v) is 8.81. The van der Waals surface area contributed by atoms with Gasteiger partial charge in [-0.2, -0.15) is 0 Å². The smallest absolute Gasteiger partial charge is 0.345 e. The number of benzene rings is 1. The standard InChI is InChI=1S/C16H19ClN2O7S/c1-3-18(12-6-7-27(24,25)9-12)15(20)10(2)26-16(21)13-5-4-11(17)8-14(13)19(22)23/h4-5,8,10,12H,3,6-7,9H2,1-2H3/t10-,12+/m1/s1. The number of nitro groups is 1. The molecule has 148 valence electrons. The fourth-order valence-electron chi connectivity index (χ4n) is 2.95. The Kier molecular flexibility index (Phi) is 6.42. The molecular formula is C16H19ClN2O7S. The van der Waals surface area contributed by atoms with E-state index in [9.17, 15) is 28.1 Å². The zero-order valence-corrected chi connectivity index (χ0v) is 16.3. The van der Waals surface area contributed by atoms with Crippen molar-refractivity contribution in [1.82, 2.24) is 4.90 Å². The van der Waals surface area contributed by atoms with Crippen molar-refractivity contribution in [2.24, 2.45) is 0 Å². The highest BCUT2D eigenvalue weighted by atomic mass is 35.5. The highest BCUT2D eigenvalue weighted by Crippen LogP contribution is 2.25. The largest absolute Gasteiger partial charge is 0.449 e. The first-order valence-electron chi connectivity index (χ1n) is 8.21. The lowest BCUT2D eigenvalue weighted by atomic mass is 10.1. The molecular weight excluding hydrogens is 400 g/mol. The van der Waals surface area contributed by atoms with Crippen molar-refractivity contribution in [2.45, 2.75) is 32.4 Å². The Morgan fingerprint density at radius 2 is 2.11 bits per heavy atom. The Balaban J connectivity index is 2.14. The molecule has 1 aromatic rings. The molecule has 1 saturated heterocycles. The van der Waals surface area contributed by atoms with Gasteiger partial charge in [-0.25, -0.2) is 13.2 Å².